The molecule has 0 radical (unpaired) electrons. The summed E-state index contributed by atoms with van der Waals surface area (Å²) in [5.41, 5.74) is 2.02. The Morgan fingerprint density at radius 3 is 2.95 bits per heavy atom. The monoisotopic (exact) mass is 259 g/mol. The summed E-state index contributed by atoms with van der Waals surface area (Å²) in [6.07, 6.45) is 1.78. The lowest BCUT2D eigenvalue weighted by Gasteiger charge is -2.13. The Kier molecular flexibility index (Phi) is 3.03. The zero-order chi connectivity index (χ0) is 13.4. The minimum absolute atomic E-state index is 0.204. The Morgan fingerprint density at radius 1 is 1.42 bits per heavy atom. The van der Waals surface area contributed by atoms with Crippen molar-refractivity contribution in [2.75, 3.05) is 13.1 Å². The second kappa shape index (κ2) is 4.70. The third kappa shape index (κ3) is 2.24. The zero-order valence-corrected chi connectivity index (χ0v) is 10.9. The van der Waals surface area contributed by atoms with E-state index in [1.165, 1.54) is 0 Å². The van der Waals surface area contributed by atoms with Gasteiger partial charge < -0.3 is 9.52 Å². The van der Waals surface area contributed by atoms with Gasteiger partial charge in [0, 0.05) is 30.6 Å². The third-order valence-corrected chi connectivity index (χ3v) is 3.96. The minimum Gasteiger partial charge on any atom is -0.481 e. The van der Waals surface area contributed by atoms with Crippen LogP contribution in [0.15, 0.2) is 34.9 Å². The lowest BCUT2D eigenvalue weighted by atomic mass is 9.99. The van der Waals surface area contributed by atoms with E-state index in [2.05, 4.69) is 4.90 Å². The highest BCUT2D eigenvalue weighted by Gasteiger charge is 2.34. The van der Waals surface area contributed by atoms with Crippen LogP contribution in [0.4, 0.5) is 0 Å². The summed E-state index contributed by atoms with van der Waals surface area (Å²) < 4.78 is 5.52. The van der Waals surface area contributed by atoms with E-state index in [1.54, 1.807) is 6.26 Å². The molecule has 1 saturated heterocycles. The van der Waals surface area contributed by atoms with E-state index in [-0.39, 0.29) is 11.8 Å². The van der Waals surface area contributed by atoms with Crippen LogP contribution in [0.1, 0.15) is 12.5 Å². The number of likely N-dealkylation sites (tertiary alicyclic amines) is 1. The van der Waals surface area contributed by atoms with Crippen molar-refractivity contribution in [3.05, 3.63) is 36.1 Å². The number of furan rings is 1. The Labute approximate surface area is 111 Å². The van der Waals surface area contributed by atoms with E-state index >= 15 is 0 Å². The largest absolute Gasteiger partial charge is 0.481 e. The first-order valence-corrected chi connectivity index (χ1v) is 6.55. The van der Waals surface area contributed by atoms with E-state index in [0.29, 0.717) is 6.54 Å². The lowest BCUT2D eigenvalue weighted by Crippen LogP contribution is -2.23. The molecule has 1 fully saturated rings. The number of benzene rings is 1. The number of aliphatic carboxylic acids is 1. The Hall–Kier alpha value is -1.81. The van der Waals surface area contributed by atoms with Crippen LogP contribution in [-0.4, -0.2) is 29.1 Å². The number of fused-ring (bicyclic) bond motifs is 1. The maximum absolute atomic E-state index is 11.1. The minimum atomic E-state index is -0.688. The molecular formula is C15H17NO3. The Morgan fingerprint density at radius 2 is 2.21 bits per heavy atom. The third-order valence-electron chi connectivity index (χ3n) is 3.96. The molecule has 1 N–H and O–H groups in total. The summed E-state index contributed by atoms with van der Waals surface area (Å²) >= 11 is 0. The van der Waals surface area contributed by atoms with Gasteiger partial charge in [-0.2, -0.15) is 0 Å². The van der Waals surface area contributed by atoms with Crippen LogP contribution < -0.4 is 0 Å². The van der Waals surface area contributed by atoms with Crippen molar-refractivity contribution in [2.24, 2.45) is 11.8 Å². The van der Waals surface area contributed by atoms with Gasteiger partial charge in [0.2, 0.25) is 0 Å². The summed E-state index contributed by atoms with van der Waals surface area (Å²) in [6.45, 7) is 4.21. The van der Waals surface area contributed by atoms with Crippen LogP contribution >= 0.6 is 0 Å². The van der Waals surface area contributed by atoms with Crippen molar-refractivity contribution in [1.29, 1.82) is 0 Å². The molecule has 0 bridgehead atoms. The van der Waals surface area contributed by atoms with Gasteiger partial charge in [-0.05, 0) is 12.0 Å². The molecule has 1 aliphatic rings. The molecule has 4 heteroatoms. The molecule has 0 spiro atoms. The SMILES string of the molecule is CC1CN(Cc2coc3ccccc23)CC1C(=O)O. The Balaban J connectivity index is 1.78. The smallest absolute Gasteiger partial charge is 0.308 e. The number of carbonyl (C=O) groups is 1. The van der Waals surface area contributed by atoms with E-state index in [9.17, 15) is 4.79 Å². The molecule has 2 atom stereocenters. The van der Waals surface area contributed by atoms with E-state index < -0.39 is 5.97 Å². The maximum Gasteiger partial charge on any atom is 0.308 e. The topological polar surface area (TPSA) is 53.7 Å². The normalized spacial score (nSPS) is 24.1. The number of para-hydroxylation sites is 1. The number of carboxylic acids is 1. The summed E-state index contributed by atoms with van der Waals surface area (Å²) in [5, 5.41) is 10.3. The van der Waals surface area contributed by atoms with Gasteiger partial charge in [-0.3, -0.25) is 9.69 Å². The molecule has 0 aliphatic carbocycles. The summed E-state index contributed by atoms with van der Waals surface area (Å²) in [5.74, 6) is -0.735. The summed E-state index contributed by atoms with van der Waals surface area (Å²) in [4.78, 5) is 13.3. The number of carboxylic acid groups (broad SMARTS) is 1. The van der Waals surface area contributed by atoms with Crippen molar-refractivity contribution in [3.8, 4) is 0 Å². The van der Waals surface area contributed by atoms with Crippen molar-refractivity contribution in [1.82, 2.24) is 4.90 Å². The lowest BCUT2D eigenvalue weighted by molar-refractivity contribution is -0.142. The van der Waals surface area contributed by atoms with Gasteiger partial charge >= 0.3 is 5.97 Å². The standard InChI is InChI=1S/C15H17NO3/c1-10-6-16(8-13(10)15(17)18)7-11-9-19-14-5-3-2-4-12(11)14/h2-5,9-10,13H,6-8H2,1H3,(H,17,18). The van der Waals surface area contributed by atoms with Gasteiger partial charge in [-0.25, -0.2) is 0 Å². The molecule has 1 aromatic carbocycles. The number of rotatable bonds is 3. The molecule has 2 aromatic rings. The molecule has 2 heterocycles. The van der Waals surface area contributed by atoms with Gasteiger partial charge in [0.05, 0.1) is 12.2 Å². The van der Waals surface area contributed by atoms with E-state index in [4.69, 9.17) is 9.52 Å². The zero-order valence-electron chi connectivity index (χ0n) is 10.9. The predicted octanol–water partition coefficient (Wildman–Crippen LogP) is 2.59. The molecule has 0 saturated carbocycles. The number of hydrogen-bond acceptors (Lipinski definition) is 3. The first-order chi connectivity index (χ1) is 9.15. The predicted molar refractivity (Wildman–Crippen MR) is 71.8 cm³/mol. The van der Waals surface area contributed by atoms with E-state index in [0.717, 1.165) is 29.6 Å². The molecule has 0 amide bonds. The first kappa shape index (κ1) is 12.2. The molecule has 19 heavy (non-hydrogen) atoms. The fourth-order valence-corrected chi connectivity index (χ4v) is 2.91. The van der Waals surface area contributed by atoms with Gasteiger partial charge in [0.1, 0.15) is 5.58 Å². The van der Waals surface area contributed by atoms with Crippen LogP contribution in [0.3, 0.4) is 0 Å². The fourth-order valence-electron chi connectivity index (χ4n) is 2.91. The van der Waals surface area contributed by atoms with Crippen LogP contribution in [0.25, 0.3) is 11.0 Å². The van der Waals surface area contributed by atoms with E-state index in [1.807, 2.05) is 31.2 Å². The molecular weight excluding hydrogens is 242 g/mol. The van der Waals surface area contributed by atoms with Crippen LogP contribution in [0.5, 0.6) is 0 Å². The Bertz CT molecular complexity index is 604. The highest BCUT2D eigenvalue weighted by atomic mass is 16.4. The molecule has 1 aromatic heterocycles. The van der Waals surface area contributed by atoms with Crippen molar-refractivity contribution in [3.63, 3.8) is 0 Å². The molecule has 4 nitrogen and oxygen atoms in total. The maximum atomic E-state index is 11.1. The molecule has 2 unspecified atom stereocenters. The summed E-state index contributed by atoms with van der Waals surface area (Å²) in [6, 6.07) is 7.94. The van der Waals surface area contributed by atoms with Crippen LogP contribution in [0, 0.1) is 11.8 Å². The first-order valence-electron chi connectivity index (χ1n) is 6.55. The average Bonchev–Trinajstić information content (AvgIpc) is 2.95. The van der Waals surface area contributed by atoms with Crippen molar-refractivity contribution in [2.45, 2.75) is 13.5 Å². The van der Waals surface area contributed by atoms with Crippen molar-refractivity contribution >= 4 is 16.9 Å². The summed E-state index contributed by atoms with van der Waals surface area (Å²) in [7, 11) is 0. The highest BCUT2D eigenvalue weighted by molar-refractivity contribution is 5.80. The fraction of sp³-hybridized carbons (Fsp3) is 0.400. The molecule has 100 valence electrons. The second-order valence-electron chi connectivity index (χ2n) is 5.37. The molecule has 3 rings (SSSR count). The van der Waals surface area contributed by atoms with Crippen LogP contribution in [0.2, 0.25) is 0 Å². The number of hydrogen-bond donors (Lipinski definition) is 1. The quantitative estimate of drug-likeness (QED) is 0.920. The van der Waals surface area contributed by atoms with Gasteiger partial charge in [0.15, 0.2) is 0 Å². The number of nitrogens with zero attached hydrogens (tertiary/aromatic N) is 1. The van der Waals surface area contributed by atoms with Gasteiger partial charge in [0.25, 0.3) is 0 Å². The van der Waals surface area contributed by atoms with Gasteiger partial charge in [-0.1, -0.05) is 25.1 Å². The highest BCUT2D eigenvalue weighted by Crippen LogP contribution is 2.27. The van der Waals surface area contributed by atoms with Gasteiger partial charge in [-0.15, -0.1) is 0 Å². The van der Waals surface area contributed by atoms with Crippen molar-refractivity contribution < 1.29 is 14.3 Å². The molecule has 1 aliphatic heterocycles. The second-order valence-corrected chi connectivity index (χ2v) is 5.37. The average molecular weight is 259 g/mol. The van der Waals surface area contributed by atoms with Crippen LogP contribution in [-0.2, 0) is 11.3 Å².